The first-order chi connectivity index (χ1) is 9.19. The van der Waals surface area contributed by atoms with Gasteiger partial charge in [-0.05, 0) is 42.7 Å². The third-order valence-corrected chi connectivity index (χ3v) is 3.09. The van der Waals surface area contributed by atoms with Gasteiger partial charge in [-0.1, -0.05) is 19.1 Å². The summed E-state index contributed by atoms with van der Waals surface area (Å²) < 4.78 is 5.73. The van der Waals surface area contributed by atoms with Gasteiger partial charge in [0, 0.05) is 24.0 Å². The molecule has 0 saturated heterocycles. The Morgan fingerprint density at radius 3 is 2.58 bits per heavy atom. The highest BCUT2D eigenvalue weighted by atomic mass is 16.5. The van der Waals surface area contributed by atoms with Crippen molar-refractivity contribution in [1.82, 2.24) is 4.98 Å². The van der Waals surface area contributed by atoms with Gasteiger partial charge in [-0.3, -0.25) is 4.98 Å². The number of nitrogens with two attached hydrogens (primary N) is 1. The summed E-state index contributed by atoms with van der Waals surface area (Å²) in [6.07, 6.45) is 4.61. The molecule has 1 aromatic carbocycles. The highest BCUT2D eigenvalue weighted by Crippen LogP contribution is 2.19. The fraction of sp³-hybridized carbons (Fsp3) is 0.312. The number of ether oxygens (including phenoxy) is 1. The second-order valence-corrected chi connectivity index (χ2v) is 4.74. The Labute approximate surface area is 114 Å². The van der Waals surface area contributed by atoms with Gasteiger partial charge < -0.3 is 10.5 Å². The number of rotatable bonds is 5. The molecule has 2 rings (SSSR count). The minimum atomic E-state index is 0.107. The van der Waals surface area contributed by atoms with Gasteiger partial charge >= 0.3 is 0 Å². The predicted molar refractivity (Wildman–Crippen MR) is 77.0 cm³/mol. The monoisotopic (exact) mass is 256 g/mol. The van der Waals surface area contributed by atoms with Crippen LogP contribution < -0.4 is 10.5 Å². The van der Waals surface area contributed by atoms with Crippen molar-refractivity contribution in [3.8, 4) is 5.75 Å². The molecule has 100 valence electrons. The molecule has 0 aliphatic heterocycles. The highest BCUT2D eigenvalue weighted by Gasteiger charge is 2.03. The maximum absolute atomic E-state index is 5.98. The van der Waals surface area contributed by atoms with Crippen molar-refractivity contribution in [2.75, 3.05) is 0 Å². The van der Waals surface area contributed by atoms with Gasteiger partial charge in [-0.15, -0.1) is 0 Å². The van der Waals surface area contributed by atoms with E-state index in [0.29, 0.717) is 6.61 Å². The van der Waals surface area contributed by atoms with Gasteiger partial charge in [0.15, 0.2) is 0 Å². The van der Waals surface area contributed by atoms with Crippen molar-refractivity contribution >= 4 is 0 Å². The number of hydrogen-bond donors (Lipinski definition) is 1. The molecule has 0 radical (unpaired) electrons. The van der Waals surface area contributed by atoms with Crippen LogP contribution in [0.25, 0.3) is 0 Å². The van der Waals surface area contributed by atoms with Crippen LogP contribution in [0.5, 0.6) is 5.75 Å². The second-order valence-electron chi connectivity index (χ2n) is 4.74. The summed E-state index contributed by atoms with van der Waals surface area (Å²) in [6.45, 7) is 4.64. The van der Waals surface area contributed by atoms with Crippen LogP contribution in [0, 0.1) is 6.92 Å². The number of aryl methyl sites for hydroxylation is 1. The van der Waals surface area contributed by atoms with Gasteiger partial charge in [0.1, 0.15) is 12.4 Å². The molecule has 3 nitrogen and oxygen atoms in total. The number of benzene rings is 1. The zero-order valence-corrected chi connectivity index (χ0v) is 11.5. The van der Waals surface area contributed by atoms with E-state index in [-0.39, 0.29) is 6.04 Å². The molecule has 0 bridgehead atoms. The van der Waals surface area contributed by atoms with E-state index >= 15 is 0 Å². The molecule has 0 aliphatic rings. The lowest BCUT2D eigenvalue weighted by atomic mass is 10.1. The highest BCUT2D eigenvalue weighted by molar-refractivity contribution is 5.29. The van der Waals surface area contributed by atoms with E-state index in [1.807, 2.05) is 43.6 Å². The number of hydrogen-bond acceptors (Lipinski definition) is 3. The van der Waals surface area contributed by atoms with Gasteiger partial charge in [-0.25, -0.2) is 0 Å². The lowest BCUT2D eigenvalue weighted by Gasteiger charge is -2.11. The molecule has 19 heavy (non-hydrogen) atoms. The maximum atomic E-state index is 5.98. The van der Waals surface area contributed by atoms with Crippen molar-refractivity contribution in [2.24, 2.45) is 5.73 Å². The molecular formula is C16H20N2O. The van der Waals surface area contributed by atoms with Crippen molar-refractivity contribution < 1.29 is 4.74 Å². The quantitative estimate of drug-likeness (QED) is 0.892. The summed E-state index contributed by atoms with van der Waals surface area (Å²) in [5.41, 5.74) is 9.34. The van der Waals surface area contributed by atoms with E-state index < -0.39 is 0 Å². The number of aromatic nitrogens is 1. The summed E-state index contributed by atoms with van der Waals surface area (Å²) >= 11 is 0. The lowest BCUT2D eigenvalue weighted by Crippen LogP contribution is -2.08. The van der Waals surface area contributed by atoms with Gasteiger partial charge in [0.05, 0.1) is 0 Å². The van der Waals surface area contributed by atoms with E-state index in [9.17, 15) is 0 Å². The van der Waals surface area contributed by atoms with Crippen LogP contribution in [0.4, 0.5) is 0 Å². The lowest BCUT2D eigenvalue weighted by molar-refractivity contribution is 0.305. The zero-order chi connectivity index (χ0) is 13.7. The third-order valence-electron chi connectivity index (χ3n) is 3.09. The molecule has 1 heterocycles. The molecule has 2 aromatic rings. The van der Waals surface area contributed by atoms with Crippen LogP contribution in [0.1, 0.15) is 36.1 Å². The minimum absolute atomic E-state index is 0.107. The topological polar surface area (TPSA) is 48.1 Å². The van der Waals surface area contributed by atoms with Crippen LogP contribution in [0.15, 0.2) is 42.7 Å². The zero-order valence-electron chi connectivity index (χ0n) is 11.5. The largest absolute Gasteiger partial charge is 0.489 e. The Bertz CT molecular complexity index is 523. The van der Waals surface area contributed by atoms with Crippen molar-refractivity contribution in [3.05, 3.63) is 59.4 Å². The molecule has 0 fully saturated rings. The third kappa shape index (κ3) is 3.80. The van der Waals surface area contributed by atoms with Crippen molar-refractivity contribution in [2.45, 2.75) is 32.9 Å². The first kappa shape index (κ1) is 13.6. The van der Waals surface area contributed by atoms with Crippen LogP contribution in [-0.4, -0.2) is 4.98 Å². The molecule has 0 unspecified atom stereocenters. The van der Waals surface area contributed by atoms with Crippen LogP contribution in [0.3, 0.4) is 0 Å². The Morgan fingerprint density at radius 1 is 1.21 bits per heavy atom. The van der Waals surface area contributed by atoms with E-state index in [1.165, 1.54) is 0 Å². The fourth-order valence-corrected chi connectivity index (χ4v) is 1.91. The standard InChI is InChI=1S/C16H20N2O/c1-3-16(17)14-4-6-15(7-5-14)19-11-13-8-12(2)9-18-10-13/h4-10,16H,3,11,17H2,1-2H3/t16-/m0/s1. The summed E-state index contributed by atoms with van der Waals surface area (Å²) in [5.74, 6) is 0.855. The molecule has 0 aliphatic carbocycles. The molecule has 0 amide bonds. The number of pyridine rings is 1. The molecule has 1 aromatic heterocycles. The fourth-order valence-electron chi connectivity index (χ4n) is 1.91. The molecule has 1 atom stereocenters. The van der Waals surface area contributed by atoms with Gasteiger partial charge in [0.2, 0.25) is 0 Å². The average molecular weight is 256 g/mol. The summed E-state index contributed by atoms with van der Waals surface area (Å²) in [4.78, 5) is 4.15. The van der Waals surface area contributed by atoms with Gasteiger partial charge in [-0.2, -0.15) is 0 Å². The Kier molecular flexibility index (Phi) is 4.53. The van der Waals surface area contributed by atoms with Crippen LogP contribution in [0.2, 0.25) is 0 Å². The van der Waals surface area contributed by atoms with E-state index in [1.54, 1.807) is 0 Å². The summed E-state index contributed by atoms with van der Waals surface area (Å²) in [5, 5.41) is 0. The van der Waals surface area contributed by atoms with E-state index in [2.05, 4.69) is 18.0 Å². The Morgan fingerprint density at radius 2 is 1.95 bits per heavy atom. The Hall–Kier alpha value is -1.87. The smallest absolute Gasteiger partial charge is 0.119 e. The van der Waals surface area contributed by atoms with Crippen LogP contribution >= 0.6 is 0 Å². The normalized spacial score (nSPS) is 12.2. The summed E-state index contributed by atoms with van der Waals surface area (Å²) in [6, 6.07) is 10.2. The molecule has 0 spiro atoms. The molecular weight excluding hydrogens is 236 g/mol. The van der Waals surface area contributed by atoms with E-state index in [4.69, 9.17) is 10.5 Å². The van der Waals surface area contributed by atoms with Crippen LogP contribution in [-0.2, 0) is 6.61 Å². The van der Waals surface area contributed by atoms with Crippen molar-refractivity contribution in [1.29, 1.82) is 0 Å². The van der Waals surface area contributed by atoms with E-state index in [0.717, 1.165) is 28.9 Å². The molecule has 0 saturated carbocycles. The summed E-state index contributed by atoms with van der Waals surface area (Å²) in [7, 11) is 0. The predicted octanol–water partition coefficient (Wildman–Crippen LogP) is 3.38. The van der Waals surface area contributed by atoms with Crippen molar-refractivity contribution in [3.63, 3.8) is 0 Å². The first-order valence-corrected chi connectivity index (χ1v) is 6.58. The first-order valence-electron chi connectivity index (χ1n) is 6.58. The van der Waals surface area contributed by atoms with Gasteiger partial charge in [0.25, 0.3) is 0 Å². The minimum Gasteiger partial charge on any atom is -0.489 e. The SMILES string of the molecule is CC[C@H](N)c1ccc(OCc2cncc(C)c2)cc1. The number of nitrogens with zero attached hydrogens (tertiary/aromatic N) is 1. The Balaban J connectivity index is 1.96. The maximum Gasteiger partial charge on any atom is 0.119 e. The molecule has 2 N–H and O–H groups in total. The molecule has 3 heteroatoms. The second kappa shape index (κ2) is 6.34. The average Bonchev–Trinajstić information content (AvgIpc) is 2.45.